The predicted octanol–water partition coefficient (Wildman–Crippen LogP) is 2.70. The number of anilines is 2. The fraction of sp³-hybridized carbons (Fsp3) is 0.462. The van der Waals surface area contributed by atoms with Crippen LogP contribution >= 0.6 is 11.6 Å². The normalized spacial score (nSPS) is 16.3. The van der Waals surface area contributed by atoms with Crippen LogP contribution in [0.3, 0.4) is 0 Å². The van der Waals surface area contributed by atoms with Crippen LogP contribution in [-0.2, 0) is 22.2 Å². The predicted molar refractivity (Wildman–Crippen MR) is 214 cm³/mol. The number of nitrogens with two attached hydrogens (primary N) is 1. The van der Waals surface area contributed by atoms with Crippen LogP contribution in [0, 0.1) is 11.8 Å². The van der Waals surface area contributed by atoms with Gasteiger partial charge in [-0.1, -0.05) is 11.6 Å². The third-order valence-corrected chi connectivity index (χ3v) is 11.6. The first kappa shape index (κ1) is 42.6. The Hall–Kier alpha value is -5.57. The van der Waals surface area contributed by atoms with Crippen LogP contribution in [-0.4, -0.2) is 147 Å². The fourth-order valence-electron chi connectivity index (χ4n) is 8.10. The molecule has 3 aromatic heterocycles. The summed E-state index contributed by atoms with van der Waals surface area (Å²) in [6.07, 6.45) is -1.63. The van der Waals surface area contributed by atoms with Crippen LogP contribution in [0.2, 0.25) is 5.02 Å². The molecule has 6 heterocycles. The summed E-state index contributed by atoms with van der Waals surface area (Å²) in [5.41, 5.74) is 5.59. The van der Waals surface area contributed by atoms with E-state index < -0.39 is 23.7 Å². The molecule has 60 heavy (non-hydrogen) atoms. The molecule has 0 saturated carbocycles. The number of benzene rings is 1. The highest BCUT2D eigenvalue weighted by atomic mass is 35.5. The first-order valence-corrected chi connectivity index (χ1v) is 20.1. The third-order valence-electron chi connectivity index (χ3n) is 11.3. The Morgan fingerprint density at radius 2 is 1.63 bits per heavy atom. The van der Waals surface area contributed by atoms with Gasteiger partial charge < -0.3 is 46.1 Å². The lowest BCUT2D eigenvalue weighted by molar-refractivity contribution is -0.928. The average Bonchev–Trinajstić information content (AvgIpc) is 3.83. The van der Waals surface area contributed by atoms with Gasteiger partial charge in [-0.15, -0.1) is 0 Å². The lowest BCUT2D eigenvalue weighted by Gasteiger charge is -2.46. The number of nitrogens with one attached hydrogen (secondary N) is 5. The molecular weight excluding hydrogens is 809 g/mol. The van der Waals surface area contributed by atoms with Gasteiger partial charge in [-0.2, -0.15) is 18.3 Å². The topological polar surface area (TPSA) is 227 Å². The Balaban J connectivity index is 0.911. The number of carbonyl (C=O) groups is 4. The number of nitrogens with zero attached hydrogens (tertiary/aromatic N) is 6. The number of aromatic nitrogens is 5. The first-order chi connectivity index (χ1) is 28.7. The summed E-state index contributed by atoms with van der Waals surface area (Å²) >= 11 is 6.53. The van der Waals surface area contributed by atoms with E-state index in [-0.39, 0.29) is 69.5 Å². The highest BCUT2D eigenvalue weighted by molar-refractivity contribution is 6.34. The number of hydrogen-bond acceptors (Lipinski definition) is 10. The number of aliphatic carboxylic acids is 1. The minimum atomic E-state index is -4.77. The number of quaternary nitrogens is 1. The van der Waals surface area contributed by atoms with Crippen molar-refractivity contribution in [3.63, 3.8) is 0 Å². The molecule has 3 aliphatic rings. The molecule has 3 aliphatic heterocycles. The van der Waals surface area contributed by atoms with E-state index >= 15 is 0 Å². The number of nitrogen functional groups attached to an aromatic ring is 1. The number of hydrogen-bond donors (Lipinski definition) is 7. The number of H-pyrrole nitrogens is 2. The number of carboxylic acid groups (broad SMARTS) is 1. The van der Waals surface area contributed by atoms with Gasteiger partial charge in [0.05, 0.1) is 53.5 Å². The zero-order chi connectivity index (χ0) is 42.6. The van der Waals surface area contributed by atoms with E-state index in [1.54, 1.807) is 9.80 Å². The number of amides is 3. The number of imidazole rings is 1. The van der Waals surface area contributed by atoms with E-state index in [4.69, 9.17) is 17.3 Å². The lowest BCUT2D eigenvalue weighted by Crippen LogP contribution is -2.63. The third kappa shape index (κ3) is 10.1. The van der Waals surface area contributed by atoms with Crippen LogP contribution in [0.25, 0.3) is 11.4 Å². The van der Waals surface area contributed by atoms with Gasteiger partial charge in [-0.3, -0.25) is 24.5 Å². The van der Waals surface area contributed by atoms with Crippen molar-refractivity contribution in [2.45, 2.75) is 25.4 Å². The van der Waals surface area contributed by atoms with Gasteiger partial charge in [0.25, 0.3) is 11.8 Å². The SMILES string of the molecule is Nc1ccc(-c2[nH]nc(C(F)(F)F)c2Cc2cnc(C(=O)Nc3ccc(C(=O)N4CCN(C(=O)CCC[N+](CC(=O)O)(CC5CNC5)CC5CNC5)CC4)c(Cl)c3)[nH]2)nc1. The van der Waals surface area contributed by atoms with Gasteiger partial charge >= 0.3 is 12.1 Å². The maximum Gasteiger partial charge on any atom is 0.435 e. The van der Waals surface area contributed by atoms with Gasteiger partial charge in [0.15, 0.2) is 18.1 Å². The summed E-state index contributed by atoms with van der Waals surface area (Å²) in [6, 6.07) is 7.36. The van der Waals surface area contributed by atoms with Crippen molar-refractivity contribution in [3.05, 3.63) is 76.1 Å². The van der Waals surface area contributed by atoms with Gasteiger partial charge in [-0.25, -0.2) is 9.78 Å². The van der Waals surface area contributed by atoms with Gasteiger partial charge in [0.1, 0.15) is 0 Å². The van der Waals surface area contributed by atoms with E-state index in [0.717, 1.165) is 39.3 Å². The number of piperazine rings is 1. The number of halogens is 4. The molecule has 0 atom stereocenters. The molecule has 7 rings (SSSR count). The Labute approximate surface area is 347 Å². The Kier molecular flexibility index (Phi) is 12.7. The Morgan fingerprint density at radius 3 is 2.22 bits per heavy atom. The molecule has 0 spiro atoms. The van der Waals surface area contributed by atoms with Crippen LogP contribution < -0.4 is 21.7 Å². The van der Waals surface area contributed by atoms with E-state index in [2.05, 4.69) is 41.1 Å². The first-order valence-electron chi connectivity index (χ1n) is 19.7. The van der Waals surface area contributed by atoms with E-state index in [1.165, 1.54) is 42.7 Å². The lowest BCUT2D eigenvalue weighted by atomic mass is 9.96. The molecule has 17 nitrogen and oxygen atoms in total. The van der Waals surface area contributed by atoms with Gasteiger partial charge in [0, 0.05) is 107 Å². The van der Waals surface area contributed by atoms with Crippen molar-refractivity contribution in [2.75, 3.05) is 89.6 Å². The molecule has 0 unspecified atom stereocenters. The summed E-state index contributed by atoms with van der Waals surface area (Å²) in [6.45, 7) is 7.02. The maximum absolute atomic E-state index is 13.9. The molecule has 0 bridgehead atoms. The van der Waals surface area contributed by atoms with Crippen molar-refractivity contribution in [3.8, 4) is 11.4 Å². The van der Waals surface area contributed by atoms with Crippen LogP contribution in [0.1, 0.15) is 50.8 Å². The standard InChI is InChI=1S/C39H46ClF3N12O5/c40-30-13-26(50-37(59)36-48-19-27(49-36)12-29-34(31-6-3-25(44)18-47-31)51-52-35(29)39(41,42)43)4-5-28(30)38(60)54-9-7-53(8-10-54)32(56)2-1-11-55(22-33(57)58,20-23-14-45-15-23)21-24-16-46-17-24/h3-6,13,18-19,23-24,45-46H,1-2,7-12,14-17,20-22H2,(H5-,44,47,48,49,50,51,52,57,58,59,60)/p+1. The molecule has 3 fully saturated rings. The summed E-state index contributed by atoms with van der Waals surface area (Å²) in [4.78, 5) is 66.1. The second-order valence-corrected chi connectivity index (χ2v) is 16.2. The van der Waals surface area contributed by atoms with Gasteiger partial charge in [-0.05, 0) is 30.3 Å². The summed E-state index contributed by atoms with van der Waals surface area (Å²) in [7, 11) is 0. The smallest absolute Gasteiger partial charge is 0.435 e. The van der Waals surface area contributed by atoms with E-state index in [1.807, 2.05) is 0 Å². The number of rotatable bonds is 16. The number of carboxylic acids is 1. The second kappa shape index (κ2) is 18.0. The quantitative estimate of drug-likeness (QED) is 0.0812. The van der Waals surface area contributed by atoms with Crippen molar-refractivity contribution >= 4 is 46.7 Å². The monoisotopic (exact) mass is 855 g/mol. The number of aromatic amines is 2. The molecule has 8 N–H and O–H groups in total. The van der Waals surface area contributed by atoms with E-state index in [0.29, 0.717) is 67.6 Å². The molecule has 0 radical (unpaired) electrons. The van der Waals surface area contributed by atoms with Crippen molar-refractivity contribution < 1.29 is 41.9 Å². The number of pyridine rings is 1. The number of carbonyl (C=O) groups excluding carboxylic acids is 3. The summed E-state index contributed by atoms with van der Waals surface area (Å²) in [5.74, 6) is -1.20. The zero-order valence-corrected chi connectivity index (χ0v) is 33.4. The maximum atomic E-state index is 13.9. The van der Waals surface area contributed by atoms with Crippen molar-refractivity contribution in [1.82, 2.24) is 45.6 Å². The van der Waals surface area contributed by atoms with Crippen molar-refractivity contribution in [2.24, 2.45) is 11.8 Å². The molecule has 4 aromatic rings. The highest BCUT2D eigenvalue weighted by Crippen LogP contribution is 2.36. The molecule has 0 aliphatic carbocycles. The molecule has 3 saturated heterocycles. The Morgan fingerprint density at radius 1 is 0.950 bits per heavy atom. The molecular formula is C39H47ClF3N12O5+. The summed E-state index contributed by atoms with van der Waals surface area (Å²) in [5, 5.41) is 25.0. The average molecular weight is 856 g/mol. The molecule has 21 heteroatoms. The highest BCUT2D eigenvalue weighted by Gasteiger charge is 2.40. The zero-order valence-electron chi connectivity index (χ0n) is 32.7. The van der Waals surface area contributed by atoms with Crippen molar-refractivity contribution in [1.29, 1.82) is 0 Å². The van der Waals surface area contributed by atoms with Crippen LogP contribution in [0.4, 0.5) is 24.5 Å². The minimum absolute atomic E-state index is 0.0271. The summed E-state index contributed by atoms with van der Waals surface area (Å²) < 4.78 is 42.1. The fourth-order valence-corrected chi connectivity index (χ4v) is 8.37. The minimum Gasteiger partial charge on any atom is -0.477 e. The molecule has 3 amide bonds. The van der Waals surface area contributed by atoms with Gasteiger partial charge in [0.2, 0.25) is 5.91 Å². The largest absolute Gasteiger partial charge is 0.477 e. The van der Waals surface area contributed by atoms with Crippen LogP contribution in [0.5, 0.6) is 0 Å². The molecule has 320 valence electrons. The van der Waals surface area contributed by atoms with Crippen LogP contribution in [0.15, 0.2) is 42.7 Å². The molecule has 1 aromatic carbocycles. The number of alkyl halides is 3. The Bertz CT molecular complexity index is 2180. The van der Waals surface area contributed by atoms with E-state index in [9.17, 15) is 37.5 Å². The second-order valence-electron chi connectivity index (χ2n) is 15.8.